The summed E-state index contributed by atoms with van der Waals surface area (Å²) in [5.74, 6) is -0.0505. The quantitative estimate of drug-likeness (QED) is 0.751. The summed E-state index contributed by atoms with van der Waals surface area (Å²) in [7, 11) is 1.57. The molecule has 2 amide bonds. The molecule has 0 saturated carbocycles. The van der Waals surface area contributed by atoms with Crippen molar-refractivity contribution in [1.82, 2.24) is 10.2 Å². The van der Waals surface area contributed by atoms with Gasteiger partial charge in [0.1, 0.15) is 6.04 Å². The minimum absolute atomic E-state index is 0.107. The third-order valence-electron chi connectivity index (χ3n) is 3.82. The summed E-state index contributed by atoms with van der Waals surface area (Å²) >= 11 is 7.67. The largest absolute Gasteiger partial charge is 0.357 e. The van der Waals surface area contributed by atoms with Crippen molar-refractivity contribution in [2.45, 2.75) is 24.4 Å². The predicted molar refractivity (Wildman–Crippen MR) is 103 cm³/mol. The number of nitrogens with one attached hydrogen (secondary N) is 1. The molecule has 2 aromatic carbocycles. The van der Waals surface area contributed by atoms with Gasteiger partial charge >= 0.3 is 0 Å². The van der Waals surface area contributed by atoms with Crippen LogP contribution < -0.4 is 5.32 Å². The van der Waals surface area contributed by atoms with E-state index in [0.29, 0.717) is 11.6 Å². The van der Waals surface area contributed by atoms with Crippen molar-refractivity contribution in [3.63, 3.8) is 0 Å². The fourth-order valence-electron chi connectivity index (χ4n) is 2.35. The summed E-state index contributed by atoms with van der Waals surface area (Å²) in [6, 6.07) is 16.5. The lowest BCUT2D eigenvalue weighted by Crippen LogP contribution is -2.47. The number of hydrogen-bond donors (Lipinski definition) is 1. The number of rotatable bonds is 7. The molecule has 0 heterocycles. The number of hydrogen-bond acceptors (Lipinski definition) is 3. The third kappa shape index (κ3) is 5.51. The van der Waals surface area contributed by atoms with Crippen LogP contribution in [-0.2, 0) is 16.1 Å². The molecule has 0 aliphatic heterocycles. The molecule has 0 spiro atoms. The topological polar surface area (TPSA) is 49.4 Å². The van der Waals surface area contributed by atoms with Crippen molar-refractivity contribution in [2.24, 2.45) is 0 Å². The van der Waals surface area contributed by atoms with Gasteiger partial charge in [-0.1, -0.05) is 48.0 Å². The second kappa shape index (κ2) is 9.49. The molecule has 0 aliphatic rings. The van der Waals surface area contributed by atoms with E-state index in [9.17, 15) is 9.59 Å². The third-order valence-corrected chi connectivity index (χ3v) is 5.18. The van der Waals surface area contributed by atoms with Crippen LogP contribution in [0.3, 0.4) is 0 Å². The fraction of sp³-hybridized carbons (Fsp3) is 0.263. The van der Waals surface area contributed by atoms with E-state index in [1.165, 1.54) is 11.8 Å². The van der Waals surface area contributed by atoms with E-state index in [4.69, 9.17) is 11.6 Å². The molecule has 4 nitrogen and oxygen atoms in total. The highest BCUT2D eigenvalue weighted by Crippen LogP contribution is 2.21. The first-order chi connectivity index (χ1) is 12.0. The Morgan fingerprint density at radius 3 is 2.40 bits per heavy atom. The maximum absolute atomic E-state index is 12.8. The van der Waals surface area contributed by atoms with E-state index in [1.54, 1.807) is 24.9 Å². The SMILES string of the molecule is CNC(=O)[C@@H](C)N(Cc1ccccc1Cl)C(=O)CSc1ccccc1. The molecule has 1 N–H and O–H groups in total. The average molecular weight is 377 g/mol. The number of amides is 2. The highest BCUT2D eigenvalue weighted by molar-refractivity contribution is 8.00. The van der Waals surface area contributed by atoms with Gasteiger partial charge in [-0.15, -0.1) is 11.8 Å². The van der Waals surface area contributed by atoms with Gasteiger partial charge in [0.25, 0.3) is 0 Å². The van der Waals surface area contributed by atoms with Gasteiger partial charge in [-0.05, 0) is 30.7 Å². The van der Waals surface area contributed by atoms with Crippen molar-refractivity contribution < 1.29 is 9.59 Å². The van der Waals surface area contributed by atoms with Crippen LogP contribution in [0.5, 0.6) is 0 Å². The van der Waals surface area contributed by atoms with Gasteiger partial charge in [0.2, 0.25) is 11.8 Å². The Kier molecular flexibility index (Phi) is 7.34. The van der Waals surface area contributed by atoms with Gasteiger partial charge in [-0.3, -0.25) is 9.59 Å². The van der Waals surface area contributed by atoms with Gasteiger partial charge in [-0.25, -0.2) is 0 Å². The van der Waals surface area contributed by atoms with Crippen molar-refractivity contribution in [3.05, 3.63) is 65.2 Å². The molecule has 2 rings (SSSR count). The molecule has 0 saturated heterocycles. The summed E-state index contributed by atoms with van der Waals surface area (Å²) in [6.45, 7) is 2.02. The van der Waals surface area contributed by atoms with E-state index < -0.39 is 6.04 Å². The Morgan fingerprint density at radius 1 is 1.12 bits per heavy atom. The highest BCUT2D eigenvalue weighted by atomic mass is 35.5. The maximum Gasteiger partial charge on any atom is 0.242 e. The van der Waals surface area contributed by atoms with Crippen molar-refractivity contribution >= 4 is 35.2 Å². The van der Waals surface area contributed by atoms with Crippen LogP contribution in [0.25, 0.3) is 0 Å². The first kappa shape index (κ1) is 19.3. The highest BCUT2D eigenvalue weighted by Gasteiger charge is 2.25. The first-order valence-electron chi connectivity index (χ1n) is 7.95. The standard InChI is InChI=1S/C19H21ClN2O2S/c1-14(19(24)21-2)22(12-15-8-6-7-11-17(15)20)18(23)13-25-16-9-4-3-5-10-16/h3-11,14H,12-13H2,1-2H3,(H,21,24)/t14-/m1/s1. The molecule has 0 aliphatic carbocycles. The van der Waals surface area contributed by atoms with E-state index in [2.05, 4.69) is 5.32 Å². The van der Waals surface area contributed by atoms with Crippen LogP contribution in [0.1, 0.15) is 12.5 Å². The Morgan fingerprint density at radius 2 is 1.76 bits per heavy atom. The number of likely N-dealkylation sites (N-methyl/N-ethyl adjacent to an activating group) is 1. The summed E-state index contributed by atoms with van der Waals surface area (Å²) in [4.78, 5) is 27.4. The Labute approximate surface area is 157 Å². The summed E-state index contributed by atoms with van der Waals surface area (Å²) in [5, 5.41) is 3.19. The molecule has 0 radical (unpaired) electrons. The van der Waals surface area contributed by atoms with Crippen LogP contribution in [-0.4, -0.2) is 35.6 Å². The number of benzene rings is 2. The smallest absolute Gasteiger partial charge is 0.242 e. The van der Waals surface area contributed by atoms with Gasteiger partial charge in [0.05, 0.1) is 5.75 Å². The molecule has 0 fully saturated rings. The lowest BCUT2D eigenvalue weighted by molar-refractivity contribution is -0.138. The van der Waals surface area contributed by atoms with E-state index in [1.807, 2.05) is 48.5 Å². The average Bonchev–Trinajstić information content (AvgIpc) is 2.65. The zero-order valence-electron chi connectivity index (χ0n) is 14.2. The number of nitrogens with zero attached hydrogens (tertiary/aromatic N) is 1. The molecular formula is C19H21ClN2O2S. The second-order valence-electron chi connectivity index (χ2n) is 5.51. The number of carbonyl (C=O) groups excluding carboxylic acids is 2. The van der Waals surface area contributed by atoms with Crippen molar-refractivity contribution in [3.8, 4) is 0 Å². The number of thioether (sulfide) groups is 1. The number of carbonyl (C=O) groups is 2. The molecule has 1 atom stereocenters. The van der Waals surface area contributed by atoms with E-state index in [0.717, 1.165) is 10.5 Å². The molecule has 25 heavy (non-hydrogen) atoms. The lowest BCUT2D eigenvalue weighted by atomic mass is 10.1. The van der Waals surface area contributed by atoms with Crippen LogP contribution >= 0.6 is 23.4 Å². The zero-order valence-corrected chi connectivity index (χ0v) is 15.8. The summed E-state index contributed by atoms with van der Waals surface area (Å²) in [6.07, 6.45) is 0. The minimum Gasteiger partial charge on any atom is -0.357 e. The number of halogens is 1. The molecule has 2 aromatic rings. The van der Waals surface area contributed by atoms with E-state index in [-0.39, 0.29) is 17.6 Å². The Hall–Kier alpha value is -1.98. The monoisotopic (exact) mass is 376 g/mol. The zero-order chi connectivity index (χ0) is 18.2. The second-order valence-corrected chi connectivity index (χ2v) is 6.96. The Balaban J connectivity index is 2.14. The van der Waals surface area contributed by atoms with Gasteiger partial charge in [0.15, 0.2) is 0 Å². The van der Waals surface area contributed by atoms with Crippen LogP contribution in [0.2, 0.25) is 5.02 Å². The molecular weight excluding hydrogens is 356 g/mol. The van der Waals surface area contributed by atoms with E-state index >= 15 is 0 Å². The molecule has 0 bridgehead atoms. The summed E-state index contributed by atoms with van der Waals surface area (Å²) < 4.78 is 0. The normalized spacial score (nSPS) is 11.6. The van der Waals surface area contributed by atoms with Gasteiger partial charge in [-0.2, -0.15) is 0 Å². The minimum atomic E-state index is -0.579. The first-order valence-corrected chi connectivity index (χ1v) is 9.31. The van der Waals surface area contributed by atoms with Gasteiger partial charge in [0, 0.05) is 23.5 Å². The maximum atomic E-state index is 12.8. The van der Waals surface area contributed by atoms with Gasteiger partial charge < -0.3 is 10.2 Å². The lowest BCUT2D eigenvalue weighted by Gasteiger charge is -2.28. The van der Waals surface area contributed by atoms with Crippen LogP contribution in [0.15, 0.2) is 59.5 Å². The fourth-order valence-corrected chi connectivity index (χ4v) is 3.35. The van der Waals surface area contributed by atoms with Crippen molar-refractivity contribution in [2.75, 3.05) is 12.8 Å². The summed E-state index contributed by atoms with van der Waals surface area (Å²) in [5.41, 5.74) is 0.818. The molecule has 0 aromatic heterocycles. The molecule has 0 unspecified atom stereocenters. The van der Waals surface area contributed by atoms with Crippen LogP contribution in [0.4, 0.5) is 0 Å². The Bertz CT molecular complexity index is 724. The predicted octanol–water partition coefficient (Wildman–Crippen LogP) is 3.60. The van der Waals surface area contributed by atoms with Crippen LogP contribution in [0, 0.1) is 0 Å². The molecule has 132 valence electrons. The molecule has 6 heteroatoms. The van der Waals surface area contributed by atoms with Crippen molar-refractivity contribution in [1.29, 1.82) is 0 Å².